The molecule has 1 aromatic carbocycles. The van der Waals surface area contributed by atoms with Gasteiger partial charge < -0.3 is 10.1 Å². The number of esters is 1. The second-order valence-corrected chi connectivity index (χ2v) is 6.52. The number of fused-ring (bicyclic) bond motifs is 1. The van der Waals surface area contributed by atoms with Crippen LogP contribution in [0, 0.1) is 13.8 Å². The second-order valence-electron chi connectivity index (χ2n) is 5.61. The molecule has 0 saturated heterocycles. The summed E-state index contributed by atoms with van der Waals surface area (Å²) < 4.78 is 7.32. The Morgan fingerprint density at radius 1 is 1.24 bits per heavy atom. The van der Waals surface area contributed by atoms with Gasteiger partial charge in [-0.2, -0.15) is 0 Å². The van der Waals surface area contributed by atoms with Crippen molar-refractivity contribution >= 4 is 39.1 Å². The molecule has 0 atom stereocenters. The molecule has 0 aliphatic heterocycles. The fraction of sp³-hybridized carbons (Fsp3) is 0.167. The van der Waals surface area contributed by atoms with Gasteiger partial charge in [0.1, 0.15) is 11.3 Å². The number of nitrogens with one attached hydrogen (secondary N) is 1. The van der Waals surface area contributed by atoms with Gasteiger partial charge in [0.05, 0.1) is 18.4 Å². The van der Waals surface area contributed by atoms with Crippen LogP contribution in [-0.2, 0) is 4.74 Å². The lowest BCUT2D eigenvalue weighted by Crippen LogP contribution is -2.16. The van der Waals surface area contributed by atoms with E-state index in [0.717, 1.165) is 15.7 Å². The lowest BCUT2D eigenvalue weighted by molar-refractivity contribution is 0.0600. The topological polar surface area (TPSA) is 72.7 Å². The van der Waals surface area contributed by atoms with Crippen LogP contribution in [0.3, 0.4) is 0 Å². The van der Waals surface area contributed by atoms with Crippen LogP contribution in [0.4, 0.5) is 5.69 Å². The molecule has 0 radical (unpaired) electrons. The Kier molecular flexibility index (Phi) is 4.59. The number of anilines is 1. The number of benzene rings is 1. The van der Waals surface area contributed by atoms with E-state index in [4.69, 9.17) is 4.74 Å². The minimum absolute atomic E-state index is 0.301. The van der Waals surface area contributed by atoms with Gasteiger partial charge in [-0.05, 0) is 59.6 Å². The summed E-state index contributed by atoms with van der Waals surface area (Å²) in [5.41, 5.74) is 3.65. The number of hydrogen-bond donors (Lipinski definition) is 1. The number of methoxy groups -OCH3 is 1. The number of ether oxygens (including phenoxy) is 1. The van der Waals surface area contributed by atoms with Crippen molar-refractivity contribution in [2.45, 2.75) is 13.8 Å². The van der Waals surface area contributed by atoms with Crippen LogP contribution >= 0.6 is 15.9 Å². The van der Waals surface area contributed by atoms with Crippen molar-refractivity contribution in [3.63, 3.8) is 0 Å². The van der Waals surface area contributed by atoms with Crippen molar-refractivity contribution in [3.05, 3.63) is 63.5 Å². The molecule has 1 N–H and O–H groups in total. The number of hydrogen-bond acceptors (Lipinski definition) is 4. The van der Waals surface area contributed by atoms with Crippen LogP contribution in [0.2, 0.25) is 0 Å². The molecule has 3 rings (SSSR count). The quantitative estimate of drug-likeness (QED) is 0.678. The maximum Gasteiger partial charge on any atom is 0.337 e. The summed E-state index contributed by atoms with van der Waals surface area (Å²) in [7, 11) is 1.32. The van der Waals surface area contributed by atoms with Crippen LogP contribution in [0.15, 0.2) is 41.0 Å². The number of carbonyl (C=O) groups excluding carboxylic acids is 2. The van der Waals surface area contributed by atoms with E-state index in [-0.39, 0.29) is 5.91 Å². The summed E-state index contributed by atoms with van der Waals surface area (Å²) in [4.78, 5) is 28.9. The van der Waals surface area contributed by atoms with E-state index in [1.807, 2.05) is 19.2 Å². The number of imidazole rings is 1. The van der Waals surface area contributed by atoms with Gasteiger partial charge in [-0.1, -0.05) is 6.07 Å². The molecule has 0 bridgehead atoms. The summed E-state index contributed by atoms with van der Waals surface area (Å²) >= 11 is 3.44. The summed E-state index contributed by atoms with van der Waals surface area (Å²) in [6.45, 7) is 3.73. The first-order valence-corrected chi connectivity index (χ1v) is 8.34. The zero-order valence-electron chi connectivity index (χ0n) is 14.0. The van der Waals surface area contributed by atoms with Crippen molar-refractivity contribution in [2.75, 3.05) is 12.4 Å². The van der Waals surface area contributed by atoms with Crippen molar-refractivity contribution in [3.8, 4) is 0 Å². The normalized spacial score (nSPS) is 10.7. The van der Waals surface area contributed by atoms with Crippen LogP contribution < -0.4 is 5.32 Å². The second kappa shape index (κ2) is 6.68. The van der Waals surface area contributed by atoms with Crippen LogP contribution in [0.1, 0.15) is 32.1 Å². The molecule has 0 aliphatic carbocycles. The van der Waals surface area contributed by atoms with Crippen molar-refractivity contribution < 1.29 is 14.3 Å². The number of aryl methyl sites for hydroxylation is 2. The lowest BCUT2D eigenvalue weighted by Gasteiger charge is -2.08. The largest absolute Gasteiger partial charge is 0.465 e. The van der Waals surface area contributed by atoms with Gasteiger partial charge in [-0.15, -0.1) is 0 Å². The zero-order chi connectivity index (χ0) is 18.1. The van der Waals surface area contributed by atoms with Crippen molar-refractivity contribution in [2.24, 2.45) is 0 Å². The minimum atomic E-state index is -0.457. The molecule has 0 saturated carbocycles. The maximum atomic E-state index is 12.8. The number of amides is 1. The average Bonchev–Trinajstić information content (AvgIpc) is 2.90. The highest BCUT2D eigenvalue weighted by atomic mass is 79.9. The van der Waals surface area contributed by atoms with Gasteiger partial charge >= 0.3 is 5.97 Å². The van der Waals surface area contributed by atoms with E-state index in [0.29, 0.717) is 22.6 Å². The molecule has 1 amide bonds. The third-order valence-electron chi connectivity index (χ3n) is 3.80. The monoisotopic (exact) mass is 401 g/mol. The number of carbonyl (C=O) groups is 2. The Balaban J connectivity index is 1.98. The fourth-order valence-electron chi connectivity index (χ4n) is 2.69. The third kappa shape index (κ3) is 3.28. The van der Waals surface area contributed by atoms with Gasteiger partial charge in [0.2, 0.25) is 0 Å². The molecule has 0 aliphatic rings. The highest BCUT2D eigenvalue weighted by Crippen LogP contribution is 2.21. The number of nitrogens with zero attached hydrogens (tertiary/aromatic N) is 2. The Morgan fingerprint density at radius 3 is 2.72 bits per heavy atom. The van der Waals surface area contributed by atoms with Crippen LogP contribution in [-0.4, -0.2) is 28.4 Å². The Morgan fingerprint density at radius 2 is 2.00 bits per heavy atom. The number of halogens is 1. The molecule has 0 fully saturated rings. The highest BCUT2D eigenvalue weighted by molar-refractivity contribution is 9.10. The number of aromatic nitrogens is 2. The van der Waals surface area contributed by atoms with Gasteiger partial charge in [-0.3, -0.25) is 9.20 Å². The molecule has 0 unspecified atom stereocenters. The van der Waals surface area contributed by atoms with E-state index in [9.17, 15) is 9.59 Å². The fourth-order valence-corrected chi connectivity index (χ4v) is 3.24. The van der Waals surface area contributed by atoms with E-state index < -0.39 is 5.97 Å². The summed E-state index contributed by atoms with van der Waals surface area (Å²) in [6, 6.07) is 8.54. The number of pyridine rings is 1. The molecule has 7 heteroatoms. The smallest absolute Gasteiger partial charge is 0.337 e. The van der Waals surface area contributed by atoms with Crippen molar-refractivity contribution in [1.82, 2.24) is 9.38 Å². The van der Waals surface area contributed by atoms with E-state index >= 15 is 0 Å². The zero-order valence-corrected chi connectivity index (χ0v) is 15.5. The summed E-state index contributed by atoms with van der Waals surface area (Å²) in [5.74, 6) is -0.758. The molecule has 2 aromatic heterocycles. The third-order valence-corrected chi connectivity index (χ3v) is 4.24. The Bertz CT molecular complexity index is 995. The molecule has 128 valence electrons. The van der Waals surface area contributed by atoms with Gasteiger partial charge in [0.25, 0.3) is 5.91 Å². The predicted molar refractivity (Wildman–Crippen MR) is 98.1 cm³/mol. The molecule has 0 spiro atoms. The van der Waals surface area contributed by atoms with Gasteiger partial charge in [-0.25, -0.2) is 9.78 Å². The van der Waals surface area contributed by atoms with E-state index in [2.05, 4.69) is 26.2 Å². The summed E-state index contributed by atoms with van der Waals surface area (Å²) in [6.07, 6.45) is 1.81. The minimum Gasteiger partial charge on any atom is -0.465 e. The lowest BCUT2D eigenvalue weighted by atomic mass is 10.2. The SMILES string of the molecule is COC(=O)c1cccc(NC(=O)c2c(C)nc3c(C)cc(Br)cn23)c1. The molecule has 2 heterocycles. The Hall–Kier alpha value is -2.67. The first-order chi connectivity index (χ1) is 11.9. The van der Waals surface area contributed by atoms with Gasteiger partial charge in [0, 0.05) is 16.4 Å². The molecular weight excluding hydrogens is 386 g/mol. The maximum absolute atomic E-state index is 12.8. The first kappa shape index (κ1) is 17.2. The molecule has 25 heavy (non-hydrogen) atoms. The molecule has 3 aromatic rings. The average molecular weight is 402 g/mol. The number of rotatable bonds is 3. The summed E-state index contributed by atoms with van der Waals surface area (Å²) in [5, 5.41) is 2.81. The van der Waals surface area contributed by atoms with Crippen LogP contribution in [0.25, 0.3) is 5.65 Å². The standard InChI is InChI=1S/C18H16BrN3O3/c1-10-7-13(19)9-22-15(11(2)20-16(10)22)17(23)21-14-6-4-5-12(8-14)18(24)25-3/h4-9H,1-3H3,(H,21,23). The van der Waals surface area contributed by atoms with Gasteiger partial charge in [0.15, 0.2) is 0 Å². The Labute approximate surface area is 153 Å². The molecule has 6 nitrogen and oxygen atoms in total. The van der Waals surface area contributed by atoms with Crippen LogP contribution in [0.5, 0.6) is 0 Å². The molecular formula is C18H16BrN3O3. The van der Waals surface area contributed by atoms with E-state index in [1.165, 1.54) is 7.11 Å². The van der Waals surface area contributed by atoms with Crippen molar-refractivity contribution in [1.29, 1.82) is 0 Å². The predicted octanol–water partition coefficient (Wildman–Crippen LogP) is 3.75. The first-order valence-electron chi connectivity index (χ1n) is 7.55. The van der Waals surface area contributed by atoms with E-state index in [1.54, 1.807) is 35.6 Å². The highest BCUT2D eigenvalue weighted by Gasteiger charge is 2.18.